The molecule has 0 spiro atoms. The molecule has 2 aromatic rings. The highest BCUT2D eigenvalue weighted by Crippen LogP contribution is 2.34. The highest BCUT2D eigenvalue weighted by molar-refractivity contribution is 6.02. The minimum Gasteiger partial charge on any atom is -0.489 e. The van der Waals surface area contributed by atoms with Gasteiger partial charge in [-0.15, -0.1) is 0 Å². The van der Waals surface area contributed by atoms with Gasteiger partial charge in [-0.3, -0.25) is 14.4 Å². The van der Waals surface area contributed by atoms with E-state index in [1.165, 1.54) is 21.9 Å². The van der Waals surface area contributed by atoms with Crippen molar-refractivity contribution in [2.24, 2.45) is 0 Å². The van der Waals surface area contributed by atoms with Gasteiger partial charge in [0, 0.05) is 29.9 Å². The first-order chi connectivity index (χ1) is 17.7. The van der Waals surface area contributed by atoms with Crippen LogP contribution in [0.25, 0.3) is 0 Å². The van der Waals surface area contributed by atoms with Crippen molar-refractivity contribution in [2.45, 2.75) is 38.5 Å². The summed E-state index contributed by atoms with van der Waals surface area (Å²) in [5, 5.41) is 2.70. The third kappa shape index (κ3) is 4.41. The van der Waals surface area contributed by atoms with E-state index in [2.05, 4.69) is 11.9 Å². The zero-order valence-corrected chi connectivity index (χ0v) is 18.6. The zero-order valence-electron chi connectivity index (χ0n) is 21.6. The molecule has 2 atom stereocenters. The molecule has 2 aromatic carbocycles. The second-order valence-electron chi connectivity index (χ2n) is 8.46. The third-order valence-electron chi connectivity index (χ3n) is 6.17. The number of allylic oxidation sites excluding steroid dienone is 1. The van der Waals surface area contributed by atoms with E-state index in [4.69, 9.17) is 13.6 Å². The molecule has 3 amide bonds. The van der Waals surface area contributed by atoms with Crippen LogP contribution in [0, 0.1) is 0 Å². The molecule has 0 aliphatic carbocycles. The van der Waals surface area contributed by atoms with Gasteiger partial charge in [0.1, 0.15) is 25.0 Å². The van der Waals surface area contributed by atoms with Gasteiger partial charge in [-0.25, -0.2) is 0 Å². The Hall–Kier alpha value is -3.65. The van der Waals surface area contributed by atoms with Crippen molar-refractivity contribution in [2.75, 3.05) is 19.8 Å². The quantitative estimate of drug-likeness (QED) is 0.709. The lowest BCUT2D eigenvalue weighted by molar-refractivity contribution is -0.143. The van der Waals surface area contributed by atoms with Crippen molar-refractivity contribution in [1.29, 1.82) is 0 Å². The van der Waals surface area contributed by atoms with Crippen LogP contribution in [0.1, 0.15) is 44.0 Å². The van der Waals surface area contributed by atoms with Crippen molar-refractivity contribution in [1.82, 2.24) is 15.1 Å². The van der Waals surface area contributed by atoms with Crippen molar-refractivity contribution >= 4 is 17.7 Å². The fourth-order valence-electron chi connectivity index (χ4n) is 4.33. The number of ether oxygens (including phenoxy) is 2. The van der Waals surface area contributed by atoms with Gasteiger partial charge in [0.25, 0.3) is 5.91 Å². The molecule has 1 N–H and O–H groups in total. The number of rotatable bonds is 6. The van der Waals surface area contributed by atoms with Crippen LogP contribution in [0.4, 0.5) is 0 Å². The molecule has 2 unspecified atom stereocenters. The van der Waals surface area contributed by atoms with Crippen LogP contribution in [0.2, 0.25) is 0 Å². The van der Waals surface area contributed by atoms with Gasteiger partial charge >= 0.3 is 0 Å². The smallest absolute Gasteiger partial charge is 0.255 e. The normalized spacial score (nSPS) is 23.1. The van der Waals surface area contributed by atoms with Gasteiger partial charge in [0.15, 0.2) is 0 Å². The van der Waals surface area contributed by atoms with Gasteiger partial charge in [-0.1, -0.05) is 36.9 Å². The van der Waals surface area contributed by atoms with E-state index in [1.54, 1.807) is 30.3 Å². The number of piperidine rings is 1. The number of carbonyl (C=O) groups is 3. The number of morpholine rings is 1. The minimum absolute atomic E-state index is 0.0497. The Morgan fingerprint density at radius 2 is 1.94 bits per heavy atom. The number of carbonyl (C=O) groups excluding carboxylic acids is 3. The van der Waals surface area contributed by atoms with Crippen molar-refractivity contribution in [3.8, 4) is 5.75 Å². The van der Waals surface area contributed by atoms with Crippen LogP contribution >= 0.6 is 0 Å². The number of nitrogens with one attached hydrogen (secondary N) is 1. The van der Waals surface area contributed by atoms with Gasteiger partial charge in [-0.05, 0) is 36.1 Å². The van der Waals surface area contributed by atoms with E-state index < -0.39 is 19.1 Å². The molecule has 176 valence electrons. The second kappa shape index (κ2) is 9.30. The van der Waals surface area contributed by atoms with Crippen LogP contribution in [0.3, 0.4) is 0 Å². The number of benzene rings is 2. The molecule has 34 heavy (non-hydrogen) atoms. The largest absolute Gasteiger partial charge is 0.489 e. The molecule has 3 heterocycles. The number of hydrogen-bond acceptors (Lipinski definition) is 5. The van der Waals surface area contributed by atoms with Crippen LogP contribution < -0.4 is 10.1 Å². The maximum absolute atomic E-state index is 13.1. The summed E-state index contributed by atoms with van der Waals surface area (Å²) in [5.41, 5.74) is 2.31. The zero-order chi connectivity index (χ0) is 26.3. The lowest BCUT2D eigenvalue weighted by atomic mass is 10.0. The number of fused-ring (bicyclic) bond motifs is 1. The number of hydrogen-bond donors (Lipinski definition) is 1. The summed E-state index contributed by atoms with van der Waals surface area (Å²) in [7, 11) is 0. The monoisotopic (exact) mass is 464 g/mol. The number of amides is 3. The van der Waals surface area contributed by atoms with E-state index in [1.807, 2.05) is 0 Å². The Balaban J connectivity index is 1.33. The lowest BCUT2D eigenvalue weighted by Crippen LogP contribution is -2.49. The molecule has 0 bridgehead atoms. The summed E-state index contributed by atoms with van der Waals surface area (Å²) >= 11 is 0. The molecule has 0 saturated carbocycles. The summed E-state index contributed by atoms with van der Waals surface area (Å²) in [6.07, 6.45) is 1.05. The van der Waals surface area contributed by atoms with E-state index in [0.29, 0.717) is 48.4 Å². The summed E-state index contributed by atoms with van der Waals surface area (Å²) in [6.45, 7) is 1.41. The third-order valence-corrected chi connectivity index (χ3v) is 6.17. The lowest BCUT2D eigenvalue weighted by Gasteiger charge is -2.31. The average Bonchev–Trinajstić information content (AvgIpc) is 3.21. The van der Waals surface area contributed by atoms with Crippen molar-refractivity contribution in [3.63, 3.8) is 0 Å². The van der Waals surface area contributed by atoms with Crippen LogP contribution in [0.15, 0.2) is 54.7 Å². The maximum atomic E-state index is 13.1. The SMILES string of the molecule is [2H]C(c1ccc(C([2H])([2H])Oc2cccc3c2CN(C2CCC(=C)NC2=O)C3=O)cc1)N1CCOCC1=O. The fourth-order valence-corrected chi connectivity index (χ4v) is 4.33. The van der Waals surface area contributed by atoms with Gasteiger partial charge in [0.2, 0.25) is 11.8 Å². The Morgan fingerprint density at radius 1 is 1.15 bits per heavy atom. The van der Waals surface area contributed by atoms with Crippen LogP contribution in [0.5, 0.6) is 5.75 Å². The Labute approximate surface area is 202 Å². The second-order valence-corrected chi connectivity index (χ2v) is 8.46. The Kier molecular flexibility index (Phi) is 5.13. The van der Waals surface area contributed by atoms with E-state index in [9.17, 15) is 14.4 Å². The predicted octanol–water partition coefficient (Wildman–Crippen LogP) is 2.37. The molecule has 2 fully saturated rings. The first kappa shape index (κ1) is 18.7. The Bertz CT molecular complexity index is 1270. The van der Waals surface area contributed by atoms with E-state index in [-0.39, 0.29) is 42.2 Å². The fraction of sp³-hybridized carbons (Fsp3) is 0.346. The summed E-state index contributed by atoms with van der Waals surface area (Å²) in [4.78, 5) is 40.5. The molecule has 8 nitrogen and oxygen atoms in total. The summed E-state index contributed by atoms with van der Waals surface area (Å²) < 4.78 is 36.5. The molecule has 8 heteroatoms. The highest BCUT2D eigenvalue weighted by atomic mass is 16.5. The average molecular weight is 465 g/mol. The van der Waals surface area contributed by atoms with Gasteiger partial charge in [-0.2, -0.15) is 0 Å². The van der Waals surface area contributed by atoms with Crippen LogP contribution in [-0.4, -0.2) is 53.3 Å². The topological polar surface area (TPSA) is 88.2 Å². The van der Waals surface area contributed by atoms with Gasteiger partial charge in [0.05, 0.1) is 17.3 Å². The first-order valence-corrected chi connectivity index (χ1v) is 11.2. The van der Waals surface area contributed by atoms with Crippen molar-refractivity contribution < 1.29 is 28.0 Å². The predicted molar refractivity (Wildman–Crippen MR) is 124 cm³/mol. The van der Waals surface area contributed by atoms with Crippen molar-refractivity contribution in [3.05, 3.63) is 77.0 Å². The molecule has 0 radical (unpaired) electrons. The van der Waals surface area contributed by atoms with E-state index >= 15 is 0 Å². The molecule has 2 saturated heterocycles. The molecular formula is C26H27N3O5. The summed E-state index contributed by atoms with van der Waals surface area (Å²) in [5.74, 6) is -0.606. The van der Waals surface area contributed by atoms with E-state index in [0.717, 1.165) is 0 Å². The summed E-state index contributed by atoms with van der Waals surface area (Å²) in [6, 6.07) is 10.5. The maximum Gasteiger partial charge on any atom is 0.255 e. The molecular weight excluding hydrogens is 434 g/mol. The number of nitrogens with zero attached hydrogens (tertiary/aromatic N) is 2. The molecule has 3 aliphatic heterocycles. The minimum atomic E-state index is -2.24. The molecule has 0 aromatic heterocycles. The highest BCUT2D eigenvalue weighted by Gasteiger charge is 2.39. The molecule has 3 aliphatic rings. The van der Waals surface area contributed by atoms with Crippen LogP contribution in [-0.2, 0) is 34.0 Å². The Morgan fingerprint density at radius 3 is 2.71 bits per heavy atom. The first-order valence-electron chi connectivity index (χ1n) is 12.7. The molecule has 5 rings (SSSR count). The van der Waals surface area contributed by atoms with Gasteiger partial charge < -0.3 is 24.6 Å². The standard InChI is InChI=1S/C26H27N3O5/c1-17-5-10-22(25(31)27-17)29-14-21-20(26(29)32)3-2-4-23(21)34-15-19-8-6-18(7-9-19)13-28-11-12-33-16-24(28)30/h2-4,6-9,22H,1,5,10-16H2,(H,27,31)/i13D,15D2.